The van der Waals surface area contributed by atoms with Crippen LogP contribution in [0.2, 0.25) is 0 Å². The van der Waals surface area contributed by atoms with E-state index in [-0.39, 0.29) is 0 Å². The molecule has 0 aromatic rings. The van der Waals surface area contributed by atoms with E-state index in [1.54, 1.807) is 0 Å². The molecule has 3 nitrogen and oxygen atoms in total. The summed E-state index contributed by atoms with van der Waals surface area (Å²) in [5.41, 5.74) is 0. The van der Waals surface area contributed by atoms with Crippen molar-refractivity contribution in [3.05, 3.63) is 0 Å². The summed E-state index contributed by atoms with van der Waals surface area (Å²) >= 11 is 0. The van der Waals surface area contributed by atoms with Gasteiger partial charge < -0.3 is 9.80 Å². The molecule has 0 atom stereocenters. The van der Waals surface area contributed by atoms with Gasteiger partial charge in [-0.2, -0.15) is 0 Å². The lowest BCUT2D eigenvalue weighted by molar-refractivity contribution is 0.124. The van der Waals surface area contributed by atoms with E-state index < -0.39 is 0 Å². The maximum absolute atomic E-state index is 2.61. The molecular weight excluding hydrogens is 186 g/mol. The summed E-state index contributed by atoms with van der Waals surface area (Å²) in [6, 6.07) is 0. The highest BCUT2D eigenvalue weighted by molar-refractivity contribution is 4.72. The van der Waals surface area contributed by atoms with Gasteiger partial charge in [0, 0.05) is 39.3 Å². The zero-order valence-electron chi connectivity index (χ0n) is 10.7. The molecule has 1 aliphatic heterocycles. The molecule has 0 spiro atoms. The minimum absolute atomic E-state index is 1.19. The van der Waals surface area contributed by atoms with Crippen LogP contribution in [-0.2, 0) is 0 Å². The van der Waals surface area contributed by atoms with Gasteiger partial charge in [-0.15, -0.1) is 0 Å². The molecule has 1 fully saturated rings. The first kappa shape index (κ1) is 12.9. The molecule has 0 bridgehead atoms. The number of rotatable bonds is 6. The zero-order chi connectivity index (χ0) is 11.1. The van der Waals surface area contributed by atoms with E-state index in [2.05, 4.69) is 35.7 Å². The standard InChI is InChI=1S/C12H27N3/c1-4-5-6-14-9-11-15(12-10-14)8-7-13(2)3/h4-12H2,1-3H3. The zero-order valence-corrected chi connectivity index (χ0v) is 10.7. The summed E-state index contributed by atoms with van der Waals surface area (Å²) in [4.78, 5) is 7.46. The first-order chi connectivity index (χ1) is 7.22. The lowest BCUT2D eigenvalue weighted by Gasteiger charge is -2.35. The maximum Gasteiger partial charge on any atom is 0.0110 e. The molecule has 0 saturated carbocycles. The summed E-state index contributed by atoms with van der Waals surface area (Å²) in [7, 11) is 4.30. The van der Waals surface area contributed by atoms with Crippen LogP contribution in [0.3, 0.4) is 0 Å². The molecule has 0 N–H and O–H groups in total. The van der Waals surface area contributed by atoms with Crippen LogP contribution in [0.15, 0.2) is 0 Å². The summed E-state index contributed by atoms with van der Waals surface area (Å²) in [5, 5.41) is 0. The third-order valence-corrected chi connectivity index (χ3v) is 3.16. The second-order valence-corrected chi connectivity index (χ2v) is 4.84. The lowest BCUT2D eigenvalue weighted by Crippen LogP contribution is -2.48. The second-order valence-electron chi connectivity index (χ2n) is 4.84. The predicted molar refractivity (Wildman–Crippen MR) is 66.3 cm³/mol. The molecule has 0 unspecified atom stereocenters. The molecule has 90 valence electrons. The van der Waals surface area contributed by atoms with Crippen LogP contribution in [0.1, 0.15) is 19.8 Å². The third kappa shape index (κ3) is 5.50. The minimum atomic E-state index is 1.19. The molecule has 1 saturated heterocycles. The van der Waals surface area contributed by atoms with Crippen LogP contribution < -0.4 is 0 Å². The van der Waals surface area contributed by atoms with Crippen molar-refractivity contribution in [3.63, 3.8) is 0 Å². The van der Waals surface area contributed by atoms with Crippen molar-refractivity contribution >= 4 is 0 Å². The van der Waals surface area contributed by atoms with Crippen molar-refractivity contribution < 1.29 is 0 Å². The first-order valence-corrected chi connectivity index (χ1v) is 6.32. The first-order valence-electron chi connectivity index (χ1n) is 6.32. The van der Waals surface area contributed by atoms with Crippen molar-refractivity contribution in [3.8, 4) is 0 Å². The van der Waals surface area contributed by atoms with Crippen LogP contribution in [0, 0.1) is 0 Å². The molecule has 1 heterocycles. The average molecular weight is 213 g/mol. The summed E-state index contributed by atoms with van der Waals surface area (Å²) in [5.74, 6) is 0. The lowest BCUT2D eigenvalue weighted by atomic mass is 10.2. The molecule has 0 amide bonds. The fraction of sp³-hybridized carbons (Fsp3) is 1.00. The highest BCUT2D eigenvalue weighted by Gasteiger charge is 2.15. The summed E-state index contributed by atoms with van der Waals surface area (Å²) < 4.78 is 0. The highest BCUT2D eigenvalue weighted by Crippen LogP contribution is 2.03. The number of hydrogen-bond acceptors (Lipinski definition) is 3. The van der Waals surface area contributed by atoms with Crippen LogP contribution in [0.5, 0.6) is 0 Å². The van der Waals surface area contributed by atoms with Crippen molar-refractivity contribution in [2.75, 3.05) is 59.9 Å². The summed E-state index contributed by atoms with van der Waals surface area (Å²) in [6.45, 7) is 11.1. The van der Waals surface area contributed by atoms with Gasteiger partial charge in [-0.3, -0.25) is 4.90 Å². The van der Waals surface area contributed by atoms with Crippen LogP contribution in [-0.4, -0.2) is 74.6 Å². The number of likely N-dealkylation sites (N-methyl/N-ethyl adjacent to an activating group) is 1. The van der Waals surface area contributed by atoms with Crippen molar-refractivity contribution in [1.29, 1.82) is 0 Å². The molecule has 1 rings (SSSR count). The molecule has 15 heavy (non-hydrogen) atoms. The van der Waals surface area contributed by atoms with Gasteiger partial charge in [-0.25, -0.2) is 0 Å². The Morgan fingerprint density at radius 2 is 1.47 bits per heavy atom. The molecule has 0 aromatic carbocycles. The van der Waals surface area contributed by atoms with Crippen LogP contribution in [0.25, 0.3) is 0 Å². The van der Waals surface area contributed by atoms with Gasteiger partial charge >= 0.3 is 0 Å². The molecule has 0 aromatic heterocycles. The quantitative estimate of drug-likeness (QED) is 0.651. The van der Waals surface area contributed by atoms with E-state index in [0.717, 1.165) is 0 Å². The van der Waals surface area contributed by atoms with Crippen molar-refractivity contribution in [2.45, 2.75) is 19.8 Å². The number of piperazine rings is 1. The third-order valence-electron chi connectivity index (χ3n) is 3.16. The molecule has 1 aliphatic rings. The van der Waals surface area contributed by atoms with E-state index in [9.17, 15) is 0 Å². The largest absolute Gasteiger partial charge is 0.308 e. The Bertz CT molecular complexity index is 151. The monoisotopic (exact) mass is 213 g/mol. The van der Waals surface area contributed by atoms with E-state index in [1.807, 2.05) is 0 Å². The van der Waals surface area contributed by atoms with Gasteiger partial charge in [0.05, 0.1) is 0 Å². The Morgan fingerprint density at radius 3 is 1.93 bits per heavy atom. The van der Waals surface area contributed by atoms with E-state index >= 15 is 0 Å². The van der Waals surface area contributed by atoms with Gasteiger partial charge in [0.1, 0.15) is 0 Å². The topological polar surface area (TPSA) is 9.72 Å². The van der Waals surface area contributed by atoms with Gasteiger partial charge in [0.25, 0.3) is 0 Å². The molecule has 0 radical (unpaired) electrons. The van der Waals surface area contributed by atoms with E-state index in [4.69, 9.17) is 0 Å². The van der Waals surface area contributed by atoms with Gasteiger partial charge in [0.2, 0.25) is 0 Å². The normalized spacial score (nSPS) is 20.0. The fourth-order valence-electron chi connectivity index (χ4n) is 1.96. The van der Waals surface area contributed by atoms with Crippen LogP contribution >= 0.6 is 0 Å². The second kappa shape index (κ2) is 7.20. The fourth-order valence-corrected chi connectivity index (χ4v) is 1.96. The SMILES string of the molecule is CCCCN1CCN(CCN(C)C)CC1. The smallest absolute Gasteiger partial charge is 0.0110 e. The molecular formula is C12H27N3. The average Bonchev–Trinajstić information content (AvgIpc) is 2.25. The van der Waals surface area contributed by atoms with Gasteiger partial charge in [-0.05, 0) is 27.1 Å². The Labute approximate surface area is 95.0 Å². The molecule has 0 aliphatic carbocycles. The Balaban J connectivity index is 2.07. The predicted octanol–water partition coefficient (Wildman–Crippen LogP) is 0.966. The Morgan fingerprint density at radius 1 is 0.933 bits per heavy atom. The number of unbranched alkanes of at least 4 members (excludes halogenated alkanes) is 1. The number of nitrogens with zero attached hydrogens (tertiary/aromatic N) is 3. The number of hydrogen-bond donors (Lipinski definition) is 0. The van der Waals surface area contributed by atoms with Crippen molar-refractivity contribution in [2.24, 2.45) is 0 Å². The van der Waals surface area contributed by atoms with Gasteiger partial charge in [-0.1, -0.05) is 13.3 Å². The van der Waals surface area contributed by atoms with Crippen LogP contribution in [0.4, 0.5) is 0 Å². The Kier molecular flexibility index (Phi) is 6.22. The minimum Gasteiger partial charge on any atom is -0.308 e. The van der Waals surface area contributed by atoms with Gasteiger partial charge in [0.15, 0.2) is 0 Å². The van der Waals surface area contributed by atoms with Crippen molar-refractivity contribution in [1.82, 2.24) is 14.7 Å². The summed E-state index contributed by atoms with van der Waals surface area (Å²) in [6.07, 6.45) is 2.68. The maximum atomic E-state index is 2.61. The molecule has 3 heteroatoms. The Hall–Kier alpha value is -0.120. The van der Waals surface area contributed by atoms with E-state index in [0.29, 0.717) is 0 Å². The van der Waals surface area contributed by atoms with E-state index in [1.165, 1.54) is 58.7 Å². The highest BCUT2D eigenvalue weighted by atomic mass is 15.3.